The van der Waals surface area contributed by atoms with Gasteiger partial charge >= 0.3 is 0 Å². The number of benzene rings is 1. The van der Waals surface area contributed by atoms with Gasteiger partial charge in [0.05, 0.1) is 0 Å². The number of anilines is 1. The summed E-state index contributed by atoms with van der Waals surface area (Å²) in [4.78, 5) is 1.37. The summed E-state index contributed by atoms with van der Waals surface area (Å²) in [6.07, 6.45) is 5.52. The minimum Gasteiger partial charge on any atom is -0.399 e. The van der Waals surface area contributed by atoms with Gasteiger partial charge in [0.15, 0.2) is 0 Å². The Morgan fingerprint density at radius 1 is 1.31 bits per heavy atom. The molecule has 0 aliphatic heterocycles. The average molecular weight is 235 g/mol. The molecule has 1 aromatic carbocycles. The largest absolute Gasteiger partial charge is 0.399 e. The molecule has 2 heteroatoms. The van der Waals surface area contributed by atoms with E-state index in [9.17, 15) is 0 Å². The monoisotopic (exact) mass is 235 g/mol. The van der Waals surface area contributed by atoms with Crippen LogP contribution < -0.4 is 5.73 Å². The summed E-state index contributed by atoms with van der Waals surface area (Å²) in [6, 6.07) is 6.24. The van der Waals surface area contributed by atoms with Crippen LogP contribution >= 0.6 is 11.8 Å². The minimum atomic E-state index is 0.796. The van der Waals surface area contributed by atoms with Crippen molar-refractivity contribution in [2.75, 3.05) is 5.73 Å². The molecular weight excluding hydrogens is 214 g/mol. The van der Waals surface area contributed by atoms with Crippen LogP contribution in [0.4, 0.5) is 5.69 Å². The van der Waals surface area contributed by atoms with Crippen LogP contribution in [-0.4, -0.2) is 5.25 Å². The van der Waals surface area contributed by atoms with Gasteiger partial charge in [-0.15, -0.1) is 11.8 Å². The summed E-state index contributed by atoms with van der Waals surface area (Å²) in [5.74, 6) is 0.896. The molecule has 0 spiro atoms. The fourth-order valence-corrected chi connectivity index (χ4v) is 3.94. The summed E-state index contributed by atoms with van der Waals surface area (Å²) < 4.78 is 0. The van der Waals surface area contributed by atoms with Gasteiger partial charge in [0, 0.05) is 15.8 Å². The van der Waals surface area contributed by atoms with Gasteiger partial charge in [-0.3, -0.25) is 0 Å². The predicted molar refractivity (Wildman–Crippen MR) is 72.9 cm³/mol. The number of nitrogen functional groups attached to an aromatic ring is 1. The van der Waals surface area contributed by atoms with Crippen molar-refractivity contribution in [3.63, 3.8) is 0 Å². The van der Waals surface area contributed by atoms with E-state index in [1.54, 1.807) is 0 Å². The maximum absolute atomic E-state index is 5.85. The first-order valence-electron chi connectivity index (χ1n) is 6.18. The molecule has 2 rings (SSSR count). The number of nitrogens with two attached hydrogens (primary N) is 1. The standard InChI is InChI=1S/C14H21NS/c1-10-4-3-5-13(8-10)16-14-9-12(15)7-6-11(14)2/h6-7,9-10,13H,3-5,8,15H2,1-2H3. The van der Waals surface area contributed by atoms with Gasteiger partial charge < -0.3 is 5.73 Å². The Labute approximate surface area is 103 Å². The van der Waals surface area contributed by atoms with Crippen molar-refractivity contribution in [3.05, 3.63) is 23.8 Å². The lowest BCUT2D eigenvalue weighted by molar-refractivity contribution is 0.394. The Morgan fingerprint density at radius 2 is 2.12 bits per heavy atom. The average Bonchev–Trinajstić information content (AvgIpc) is 2.24. The van der Waals surface area contributed by atoms with Crippen LogP contribution in [0.1, 0.15) is 38.2 Å². The van der Waals surface area contributed by atoms with Crippen molar-refractivity contribution in [1.29, 1.82) is 0 Å². The lowest BCUT2D eigenvalue weighted by atomic mass is 9.91. The Morgan fingerprint density at radius 3 is 2.88 bits per heavy atom. The van der Waals surface area contributed by atoms with Gasteiger partial charge in [-0.2, -0.15) is 0 Å². The van der Waals surface area contributed by atoms with Crippen LogP contribution in [0.3, 0.4) is 0 Å². The highest BCUT2D eigenvalue weighted by Crippen LogP contribution is 2.37. The SMILES string of the molecule is Cc1ccc(N)cc1SC1CCCC(C)C1. The summed E-state index contributed by atoms with van der Waals surface area (Å²) >= 11 is 2.03. The van der Waals surface area contributed by atoms with Gasteiger partial charge in [-0.05, 0) is 43.4 Å². The lowest BCUT2D eigenvalue weighted by Crippen LogP contribution is -2.15. The number of hydrogen-bond acceptors (Lipinski definition) is 2. The first-order chi connectivity index (χ1) is 7.65. The molecule has 1 nitrogen and oxygen atoms in total. The normalized spacial score (nSPS) is 25.6. The van der Waals surface area contributed by atoms with Gasteiger partial charge in [-0.1, -0.05) is 25.8 Å². The van der Waals surface area contributed by atoms with Crippen molar-refractivity contribution >= 4 is 17.4 Å². The zero-order valence-corrected chi connectivity index (χ0v) is 11.0. The molecule has 0 aromatic heterocycles. The number of rotatable bonds is 2. The first kappa shape index (κ1) is 11.8. The molecule has 2 unspecified atom stereocenters. The van der Waals surface area contributed by atoms with Crippen molar-refractivity contribution < 1.29 is 0 Å². The van der Waals surface area contributed by atoms with Crippen molar-refractivity contribution in [3.8, 4) is 0 Å². The molecule has 0 heterocycles. The highest BCUT2D eigenvalue weighted by Gasteiger charge is 2.20. The van der Waals surface area contributed by atoms with Gasteiger partial charge in [0.2, 0.25) is 0 Å². The van der Waals surface area contributed by atoms with Crippen molar-refractivity contribution in [2.24, 2.45) is 5.92 Å². The van der Waals surface area contributed by atoms with E-state index >= 15 is 0 Å². The van der Waals surface area contributed by atoms with Crippen LogP contribution in [-0.2, 0) is 0 Å². The van der Waals surface area contributed by atoms with E-state index in [1.165, 1.54) is 36.1 Å². The van der Waals surface area contributed by atoms with Gasteiger partial charge in [0.25, 0.3) is 0 Å². The molecule has 2 N–H and O–H groups in total. The molecule has 16 heavy (non-hydrogen) atoms. The van der Waals surface area contributed by atoms with E-state index in [0.717, 1.165) is 16.9 Å². The van der Waals surface area contributed by atoms with Crippen molar-refractivity contribution in [1.82, 2.24) is 0 Å². The zero-order valence-electron chi connectivity index (χ0n) is 10.2. The minimum absolute atomic E-state index is 0.796. The summed E-state index contributed by atoms with van der Waals surface area (Å²) in [6.45, 7) is 4.55. The molecule has 1 fully saturated rings. The van der Waals surface area contributed by atoms with Gasteiger partial charge in [-0.25, -0.2) is 0 Å². The maximum Gasteiger partial charge on any atom is 0.0325 e. The second-order valence-corrected chi connectivity index (χ2v) is 6.38. The molecule has 88 valence electrons. The smallest absolute Gasteiger partial charge is 0.0325 e. The third-order valence-electron chi connectivity index (χ3n) is 3.39. The highest BCUT2D eigenvalue weighted by molar-refractivity contribution is 8.00. The Hall–Kier alpha value is -0.630. The van der Waals surface area contributed by atoms with E-state index < -0.39 is 0 Å². The molecule has 1 aromatic rings. The van der Waals surface area contributed by atoms with E-state index in [1.807, 2.05) is 17.8 Å². The molecule has 0 radical (unpaired) electrons. The number of hydrogen-bond donors (Lipinski definition) is 1. The maximum atomic E-state index is 5.85. The molecular formula is C14H21NS. The third-order valence-corrected chi connectivity index (χ3v) is 4.85. The Balaban J connectivity index is 2.05. The third kappa shape index (κ3) is 2.94. The zero-order chi connectivity index (χ0) is 11.5. The van der Waals surface area contributed by atoms with E-state index in [-0.39, 0.29) is 0 Å². The fraction of sp³-hybridized carbons (Fsp3) is 0.571. The second kappa shape index (κ2) is 5.13. The van der Waals surface area contributed by atoms with Gasteiger partial charge in [0.1, 0.15) is 0 Å². The molecule has 1 saturated carbocycles. The first-order valence-corrected chi connectivity index (χ1v) is 7.06. The lowest BCUT2D eigenvalue weighted by Gasteiger charge is -2.26. The fourth-order valence-electron chi connectivity index (χ4n) is 2.41. The quantitative estimate of drug-likeness (QED) is 0.776. The number of aryl methyl sites for hydroxylation is 1. The summed E-state index contributed by atoms with van der Waals surface area (Å²) in [5, 5.41) is 0.796. The van der Waals surface area contributed by atoms with Crippen LogP contribution in [0.2, 0.25) is 0 Å². The topological polar surface area (TPSA) is 26.0 Å². The van der Waals surface area contributed by atoms with Crippen LogP contribution in [0.5, 0.6) is 0 Å². The van der Waals surface area contributed by atoms with Crippen molar-refractivity contribution in [2.45, 2.75) is 49.7 Å². The predicted octanol–water partition coefficient (Wildman–Crippen LogP) is 4.25. The summed E-state index contributed by atoms with van der Waals surface area (Å²) in [7, 11) is 0. The number of thioether (sulfide) groups is 1. The highest BCUT2D eigenvalue weighted by atomic mass is 32.2. The van der Waals surface area contributed by atoms with E-state index in [0.29, 0.717) is 0 Å². The second-order valence-electron chi connectivity index (χ2n) is 5.04. The van der Waals surface area contributed by atoms with Crippen LogP contribution in [0, 0.1) is 12.8 Å². The molecule has 1 aliphatic carbocycles. The molecule has 0 saturated heterocycles. The molecule has 1 aliphatic rings. The molecule has 0 amide bonds. The summed E-state index contributed by atoms with van der Waals surface area (Å²) in [5.41, 5.74) is 8.09. The molecule has 0 bridgehead atoms. The van der Waals surface area contributed by atoms with Crippen LogP contribution in [0.15, 0.2) is 23.1 Å². The molecule has 2 atom stereocenters. The van der Waals surface area contributed by atoms with E-state index in [4.69, 9.17) is 5.73 Å². The Kier molecular flexibility index (Phi) is 3.80. The Bertz CT molecular complexity index is 362. The van der Waals surface area contributed by atoms with E-state index in [2.05, 4.69) is 26.0 Å². The van der Waals surface area contributed by atoms with Crippen LogP contribution in [0.25, 0.3) is 0 Å².